The lowest BCUT2D eigenvalue weighted by atomic mass is 10.1. The number of hydrogen-bond donors (Lipinski definition) is 1. The van der Waals surface area contributed by atoms with Crippen molar-refractivity contribution in [2.75, 3.05) is 19.0 Å². The van der Waals surface area contributed by atoms with Gasteiger partial charge < -0.3 is 19.7 Å². The van der Waals surface area contributed by atoms with Gasteiger partial charge >= 0.3 is 5.97 Å². The molecule has 0 radical (unpaired) electrons. The van der Waals surface area contributed by atoms with E-state index >= 15 is 0 Å². The van der Waals surface area contributed by atoms with Gasteiger partial charge in [-0.1, -0.05) is 30.3 Å². The number of anilines is 1. The van der Waals surface area contributed by atoms with Crippen molar-refractivity contribution in [3.05, 3.63) is 60.2 Å². The molecule has 1 N–H and O–H groups in total. The molecule has 1 fully saturated rings. The van der Waals surface area contributed by atoms with Gasteiger partial charge in [0.1, 0.15) is 5.75 Å². The number of carbonyl (C=O) groups excluding carboxylic acids is 3. The Morgan fingerprint density at radius 1 is 1.07 bits per heavy atom. The Morgan fingerprint density at radius 3 is 2.37 bits per heavy atom. The first kappa shape index (κ1) is 21.4. The van der Waals surface area contributed by atoms with Gasteiger partial charge in [-0.2, -0.15) is 0 Å². The van der Waals surface area contributed by atoms with Gasteiger partial charge in [0.25, 0.3) is 5.91 Å². The van der Waals surface area contributed by atoms with Crippen LogP contribution in [0.3, 0.4) is 0 Å². The number of ether oxygens (including phenoxy) is 2. The van der Waals surface area contributed by atoms with Gasteiger partial charge in [0.2, 0.25) is 5.91 Å². The third-order valence-corrected chi connectivity index (χ3v) is 5.26. The number of nitrogens with one attached hydrogen (secondary N) is 1. The minimum Gasteiger partial charge on any atom is -0.497 e. The second kappa shape index (κ2) is 9.43. The fourth-order valence-corrected chi connectivity index (χ4v) is 3.42. The van der Waals surface area contributed by atoms with E-state index in [1.54, 1.807) is 36.3 Å². The van der Waals surface area contributed by atoms with E-state index in [4.69, 9.17) is 9.47 Å². The molecule has 1 saturated heterocycles. The molecule has 0 unspecified atom stereocenters. The quantitative estimate of drug-likeness (QED) is 0.709. The Hall–Kier alpha value is -3.35. The Kier molecular flexibility index (Phi) is 6.72. The summed E-state index contributed by atoms with van der Waals surface area (Å²) in [5, 5.41) is 2.70. The zero-order valence-corrected chi connectivity index (χ0v) is 17.3. The van der Waals surface area contributed by atoms with Crippen molar-refractivity contribution in [2.24, 2.45) is 5.92 Å². The summed E-state index contributed by atoms with van der Waals surface area (Å²) >= 11 is 0. The first-order chi connectivity index (χ1) is 14.4. The van der Waals surface area contributed by atoms with Crippen LogP contribution in [0.1, 0.15) is 31.9 Å². The van der Waals surface area contributed by atoms with Crippen molar-refractivity contribution in [2.45, 2.75) is 32.4 Å². The van der Waals surface area contributed by atoms with E-state index in [0.29, 0.717) is 11.4 Å². The smallest absolute Gasteiger partial charge is 0.312 e. The minimum absolute atomic E-state index is 0.0861. The van der Waals surface area contributed by atoms with Crippen LogP contribution >= 0.6 is 0 Å². The van der Waals surface area contributed by atoms with Crippen LogP contribution < -0.4 is 10.1 Å². The summed E-state index contributed by atoms with van der Waals surface area (Å²) in [5.74, 6) is -0.980. The number of rotatable bonds is 7. The molecule has 7 heteroatoms. The third-order valence-electron chi connectivity index (χ3n) is 5.26. The van der Waals surface area contributed by atoms with Gasteiger partial charge in [-0.3, -0.25) is 14.4 Å². The molecule has 3 atom stereocenters. The second-order valence-electron chi connectivity index (χ2n) is 7.33. The maximum atomic E-state index is 12.5. The van der Waals surface area contributed by atoms with Gasteiger partial charge in [-0.15, -0.1) is 0 Å². The standard InChI is InChI=1S/C23H26N2O5/c1-15(17-7-5-4-6-8-17)25-14-18(13-21(25)26)23(28)30-16(2)22(27)24-19-9-11-20(29-3)12-10-19/h4-12,15-16,18H,13-14H2,1-3H3,(H,24,27)/t15-,16-,18+/m0/s1. The molecule has 2 aromatic rings. The number of benzene rings is 2. The van der Waals surface area contributed by atoms with Crippen LogP contribution in [0.15, 0.2) is 54.6 Å². The molecule has 3 rings (SSSR count). The summed E-state index contributed by atoms with van der Waals surface area (Å²) in [7, 11) is 1.56. The highest BCUT2D eigenvalue weighted by molar-refractivity contribution is 5.95. The van der Waals surface area contributed by atoms with Crippen LogP contribution in [0.4, 0.5) is 5.69 Å². The molecule has 1 aliphatic heterocycles. The largest absolute Gasteiger partial charge is 0.497 e. The Labute approximate surface area is 176 Å². The topological polar surface area (TPSA) is 84.9 Å². The first-order valence-corrected chi connectivity index (χ1v) is 9.89. The van der Waals surface area contributed by atoms with Crippen molar-refractivity contribution >= 4 is 23.5 Å². The molecule has 1 heterocycles. The van der Waals surface area contributed by atoms with E-state index in [1.165, 1.54) is 6.92 Å². The average molecular weight is 410 g/mol. The Morgan fingerprint density at radius 2 is 1.73 bits per heavy atom. The molecule has 0 saturated carbocycles. The highest BCUT2D eigenvalue weighted by atomic mass is 16.5. The van der Waals surface area contributed by atoms with E-state index < -0.39 is 23.9 Å². The molecule has 0 spiro atoms. The normalized spacial score (nSPS) is 17.9. The van der Waals surface area contributed by atoms with Crippen LogP contribution in [-0.4, -0.2) is 42.4 Å². The molecule has 158 valence electrons. The summed E-state index contributed by atoms with van der Waals surface area (Å²) in [6.45, 7) is 3.73. The maximum absolute atomic E-state index is 12.5. The van der Waals surface area contributed by atoms with Crippen molar-refractivity contribution < 1.29 is 23.9 Å². The van der Waals surface area contributed by atoms with Gasteiger partial charge in [0.15, 0.2) is 6.10 Å². The number of esters is 1. The molecule has 0 aromatic heterocycles. The van der Waals surface area contributed by atoms with E-state index in [1.807, 2.05) is 37.3 Å². The molecule has 2 amide bonds. The highest BCUT2D eigenvalue weighted by Gasteiger charge is 2.38. The summed E-state index contributed by atoms with van der Waals surface area (Å²) in [6.07, 6.45) is -0.890. The predicted octanol–water partition coefficient (Wildman–Crippen LogP) is 3.18. The van der Waals surface area contributed by atoms with Crippen molar-refractivity contribution in [3.63, 3.8) is 0 Å². The van der Waals surface area contributed by atoms with Crippen molar-refractivity contribution in [3.8, 4) is 5.75 Å². The monoisotopic (exact) mass is 410 g/mol. The molecule has 2 aromatic carbocycles. The summed E-state index contributed by atoms with van der Waals surface area (Å²) in [5.41, 5.74) is 1.58. The molecular weight excluding hydrogens is 384 g/mol. The predicted molar refractivity (Wildman–Crippen MR) is 112 cm³/mol. The number of hydrogen-bond acceptors (Lipinski definition) is 5. The lowest BCUT2D eigenvalue weighted by Crippen LogP contribution is -2.33. The van der Waals surface area contributed by atoms with E-state index in [-0.39, 0.29) is 24.9 Å². The van der Waals surface area contributed by atoms with Crippen molar-refractivity contribution in [1.82, 2.24) is 4.90 Å². The van der Waals surface area contributed by atoms with Crippen LogP contribution in [0.5, 0.6) is 5.75 Å². The molecule has 1 aliphatic rings. The van der Waals surface area contributed by atoms with Gasteiger partial charge in [-0.05, 0) is 43.7 Å². The average Bonchev–Trinajstić information content (AvgIpc) is 3.16. The Balaban J connectivity index is 1.54. The Bertz CT molecular complexity index is 898. The van der Waals surface area contributed by atoms with Gasteiger partial charge in [0, 0.05) is 18.7 Å². The SMILES string of the molecule is COc1ccc(NC(=O)[C@H](C)OC(=O)[C@@H]2CC(=O)N([C@@H](C)c3ccccc3)C2)cc1. The van der Waals surface area contributed by atoms with Gasteiger partial charge in [-0.25, -0.2) is 0 Å². The van der Waals surface area contributed by atoms with E-state index in [2.05, 4.69) is 5.32 Å². The maximum Gasteiger partial charge on any atom is 0.312 e. The molecule has 0 bridgehead atoms. The van der Waals surface area contributed by atoms with Gasteiger partial charge in [0.05, 0.1) is 19.1 Å². The van der Waals surface area contributed by atoms with Crippen LogP contribution in [0.25, 0.3) is 0 Å². The summed E-state index contributed by atoms with van der Waals surface area (Å²) in [4.78, 5) is 39.0. The minimum atomic E-state index is -0.977. The zero-order valence-electron chi connectivity index (χ0n) is 17.3. The van der Waals surface area contributed by atoms with Crippen LogP contribution in [0.2, 0.25) is 0 Å². The van der Waals surface area contributed by atoms with E-state index in [0.717, 1.165) is 5.56 Å². The molecule has 0 aliphatic carbocycles. The third kappa shape index (κ3) is 4.97. The first-order valence-electron chi connectivity index (χ1n) is 9.89. The van der Waals surface area contributed by atoms with Crippen LogP contribution in [-0.2, 0) is 19.1 Å². The number of carbonyl (C=O) groups is 3. The summed E-state index contributed by atoms with van der Waals surface area (Å²) < 4.78 is 10.4. The fourth-order valence-electron chi connectivity index (χ4n) is 3.42. The van der Waals surface area contributed by atoms with E-state index in [9.17, 15) is 14.4 Å². The number of nitrogens with zero attached hydrogens (tertiary/aromatic N) is 1. The zero-order chi connectivity index (χ0) is 21.7. The van der Waals surface area contributed by atoms with Crippen molar-refractivity contribution in [1.29, 1.82) is 0 Å². The van der Waals surface area contributed by atoms with Crippen LogP contribution in [0, 0.1) is 5.92 Å². The molecular formula is C23H26N2O5. The highest BCUT2D eigenvalue weighted by Crippen LogP contribution is 2.29. The lowest BCUT2D eigenvalue weighted by Gasteiger charge is -2.25. The fraction of sp³-hybridized carbons (Fsp3) is 0.348. The number of methoxy groups -OCH3 is 1. The number of likely N-dealkylation sites (tertiary alicyclic amines) is 1. The number of amides is 2. The lowest BCUT2D eigenvalue weighted by molar-refractivity contribution is -0.157. The molecule has 30 heavy (non-hydrogen) atoms. The summed E-state index contributed by atoms with van der Waals surface area (Å²) in [6, 6.07) is 16.4. The second-order valence-corrected chi connectivity index (χ2v) is 7.33. The molecule has 7 nitrogen and oxygen atoms in total.